The van der Waals surface area contributed by atoms with E-state index in [9.17, 15) is 18.3 Å². The lowest BCUT2D eigenvalue weighted by Crippen LogP contribution is -2.35. The molecule has 0 aliphatic carbocycles. The summed E-state index contributed by atoms with van der Waals surface area (Å²) in [5.74, 6) is -0.797. The zero-order valence-corrected chi connectivity index (χ0v) is 16.8. The molecule has 28 heavy (non-hydrogen) atoms. The number of aromatic hydroxyl groups is 1. The molecule has 0 unspecified atom stereocenters. The quantitative estimate of drug-likeness (QED) is 0.754. The van der Waals surface area contributed by atoms with Crippen LogP contribution in [0, 0.1) is 13.8 Å². The number of likely N-dealkylation sites (N-methyl/N-ethyl adjacent to an activating group) is 1. The number of rotatable bonds is 4. The number of phenolic OH excluding ortho intramolecular Hbond substituents is 1. The molecule has 3 rings (SSSR count). The Kier molecular flexibility index (Phi) is 4.99. The van der Waals surface area contributed by atoms with Gasteiger partial charge in [-0.25, -0.2) is 4.31 Å². The van der Waals surface area contributed by atoms with Gasteiger partial charge in [-0.2, -0.15) is 13.5 Å². The average Bonchev–Trinajstić information content (AvgIpc) is 3.01. The first-order chi connectivity index (χ1) is 13.1. The van der Waals surface area contributed by atoms with Crippen molar-refractivity contribution in [2.45, 2.75) is 27.3 Å². The van der Waals surface area contributed by atoms with E-state index in [0.717, 1.165) is 9.87 Å². The molecule has 9 nitrogen and oxygen atoms in total. The van der Waals surface area contributed by atoms with Crippen molar-refractivity contribution in [3.63, 3.8) is 0 Å². The van der Waals surface area contributed by atoms with Gasteiger partial charge in [0.15, 0.2) is 0 Å². The summed E-state index contributed by atoms with van der Waals surface area (Å²) in [4.78, 5) is 12.8. The third-order valence-electron chi connectivity index (χ3n) is 4.35. The number of hydrogen-bond acceptors (Lipinski definition) is 5. The van der Waals surface area contributed by atoms with Crippen LogP contribution in [0.1, 0.15) is 23.7 Å². The highest BCUT2D eigenvalue weighted by molar-refractivity contribution is 7.88. The number of aromatic nitrogens is 2. The lowest BCUT2D eigenvalue weighted by molar-refractivity contribution is -0.113. The van der Waals surface area contributed by atoms with E-state index in [4.69, 9.17) is 0 Å². The molecular formula is C18H21N5O4S. The van der Waals surface area contributed by atoms with Crippen molar-refractivity contribution in [1.82, 2.24) is 14.1 Å². The normalized spacial score (nSPS) is 15.8. The van der Waals surface area contributed by atoms with Crippen molar-refractivity contribution in [2.24, 2.45) is 4.40 Å². The summed E-state index contributed by atoms with van der Waals surface area (Å²) < 4.78 is 31.2. The molecule has 1 aliphatic rings. The van der Waals surface area contributed by atoms with Gasteiger partial charge in [-0.05, 0) is 44.5 Å². The van der Waals surface area contributed by atoms with E-state index < -0.39 is 16.1 Å². The summed E-state index contributed by atoms with van der Waals surface area (Å²) in [7, 11) is -2.84. The van der Waals surface area contributed by atoms with Crippen LogP contribution in [-0.4, -0.2) is 46.3 Å². The molecule has 2 N–H and O–H groups in total. The van der Waals surface area contributed by atoms with Gasteiger partial charge < -0.3 is 10.4 Å². The Morgan fingerprint density at radius 3 is 2.64 bits per heavy atom. The highest BCUT2D eigenvalue weighted by Crippen LogP contribution is 2.26. The van der Waals surface area contributed by atoms with Crippen LogP contribution < -0.4 is 5.32 Å². The maximum Gasteiger partial charge on any atom is 0.345 e. The van der Waals surface area contributed by atoms with Crippen molar-refractivity contribution < 1.29 is 18.3 Å². The average molecular weight is 403 g/mol. The van der Waals surface area contributed by atoms with Crippen LogP contribution >= 0.6 is 0 Å². The molecule has 0 fully saturated rings. The molecular weight excluding hydrogens is 382 g/mol. The van der Waals surface area contributed by atoms with E-state index in [1.165, 1.54) is 19.2 Å². The SMILES string of the molecule is CCn1cc(C2=NS(=O)(=O)N(C)C(C(=O)Nc3cc(C)ccc3O)=C2)c(C)n1. The fourth-order valence-corrected chi connectivity index (χ4v) is 3.67. The van der Waals surface area contributed by atoms with Crippen molar-refractivity contribution in [3.05, 3.63) is 53.0 Å². The van der Waals surface area contributed by atoms with Gasteiger partial charge in [-0.15, -0.1) is 4.40 Å². The van der Waals surface area contributed by atoms with Gasteiger partial charge in [-0.1, -0.05) is 6.07 Å². The fraction of sp³-hybridized carbons (Fsp3) is 0.278. The predicted molar refractivity (Wildman–Crippen MR) is 105 cm³/mol. The van der Waals surface area contributed by atoms with Crippen LogP contribution in [-0.2, 0) is 21.5 Å². The summed E-state index contributed by atoms with van der Waals surface area (Å²) in [6.45, 7) is 6.08. The van der Waals surface area contributed by atoms with Crippen LogP contribution in [0.4, 0.5) is 5.69 Å². The van der Waals surface area contributed by atoms with Crippen LogP contribution in [0.2, 0.25) is 0 Å². The summed E-state index contributed by atoms with van der Waals surface area (Å²) in [5.41, 5.74) is 2.17. The number of carbonyl (C=O) groups is 1. The molecule has 148 valence electrons. The molecule has 1 aliphatic heterocycles. The number of anilines is 1. The van der Waals surface area contributed by atoms with Gasteiger partial charge in [0.25, 0.3) is 5.91 Å². The summed E-state index contributed by atoms with van der Waals surface area (Å²) >= 11 is 0. The van der Waals surface area contributed by atoms with E-state index in [2.05, 4.69) is 14.8 Å². The van der Waals surface area contributed by atoms with Crippen LogP contribution in [0.3, 0.4) is 0 Å². The highest BCUT2D eigenvalue weighted by Gasteiger charge is 2.31. The number of hydrogen-bond donors (Lipinski definition) is 2. The molecule has 0 bridgehead atoms. The largest absolute Gasteiger partial charge is 0.506 e. The minimum absolute atomic E-state index is 0.116. The van der Waals surface area contributed by atoms with E-state index in [0.29, 0.717) is 17.8 Å². The molecule has 1 amide bonds. The zero-order valence-electron chi connectivity index (χ0n) is 16.0. The number of allylic oxidation sites excluding steroid dienone is 1. The lowest BCUT2D eigenvalue weighted by atomic mass is 10.1. The van der Waals surface area contributed by atoms with Crippen LogP contribution in [0.15, 0.2) is 40.6 Å². The molecule has 10 heteroatoms. The number of amides is 1. The predicted octanol–water partition coefficient (Wildman–Crippen LogP) is 1.73. The minimum atomic E-state index is -4.09. The molecule has 1 aromatic heterocycles. The first kappa shape index (κ1) is 19.6. The van der Waals surface area contributed by atoms with Gasteiger partial charge in [0.1, 0.15) is 11.4 Å². The van der Waals surface area contributed by atoms with Crippen molar-refractivity contribution >= 4 is 27.5 Å². The Balaban J connectivity index is 2.02. The summed E-state index contributed by atoms with van der Waals surface area (Å²) in [6.07, 6.45) is 3.08. The zero-order chi connectivity index (χ0) is 20.6. The number of nitrogens with zero attached hydrogens (tertiary/aromatic N) is 4. The Morgan fingerprint density at radius 2 is 2.00 bits per heavy atom. The van der Waals surface area contributed by atoms with Crippen molar-refractivity contribution in [1.29, 1.82) is 0 Å². The van der Waals surface area contributed by atoms with E-state index in [-0.39, 0.29) is 22.8 Å². The Morgan fingerprint density at radius 1 is 1.29 bits per heavy atom. The molecule has 0 saturated carbocycles. The van der Waals surface area contributed by atoms with Crippen LogP contribution in [0.25, 0.3) is 0 Å². The van der Waals surface area contributed by atoms with E-state index in [1.807, 2.05) is 13.8 Å². The monoisotopic (exact) mass is 403 g/mol. The number of carbonyl (C=O) groups excluding carboxylic acids is 1. The van der Waals surface area contributed by atoms with Gasteiger partial charge in [0.05, 0.1) is 17.1 Å². The third kappa shape index (κ3) is 3.63. The first-order valence-electron chi connectivity index (χ1n) is 8.58. The van der Waals surface area contributed by atoms with Gasteiger partial charge in [0, 0.05) is 25.4 Å². The smallest absolute Gasteiger partial charge is 0.345 e. The molecule has 0 atom stereocenters. The third-order valence-corrected chi connectivity index (χ3v) is 5.67. The molecule has 0 saturated heterocycles. The van der Waals surface area contributed by atoms with Gasteiger partial charge in [-0.3, -0.25) is 9.48 Å². The van der Waals surface area contributed by atoms with Gasteiger partial charge >= 0.3 is 10.2 Å². The lowest BCUT2D eigenvalue weighted by Gasteiger charge is -2.23. The molecule has 2 heterocycles. The summed E-state index contributed by atoms with van der Waals surface area (Å²) in [5, 5.41) is 16.8. The molecule has 2 aromatic rings. The Hall–Kier alpha value is -3.14. The molecule has 1 aromatic carbocycles. The second-order valence-electron chi connectivity index (χ2n) is 6.41. The number of benzene rings is 1. The second-order valence-corrected chi connectivity index (χ2v) is 8.04. The first-order valence-corrected chi connectivity index (χ1v) is 9.98. The second kappa shape index (κ2) is 7.12. The standard InChI is InChI=1S/C18H21N5O4S/c1-5-23-10-13(12(3)20-23)14-9-16(22(4)28(26,27)21-14)18(25)19-15-8-11(2)6-7-17(15)24/h6-10,24H,5H2,1-4H3,(H,19,25). The topological polar surface area (TPSA) is 117 Å². The van der Waals surface area contributed by atoms with Crippen LogP contribution in [0.5, 0.6) is 5.75 Å². The van der Waals surface area contributed by atoms with E-state index in [1.54, 1.807) is 29.9 Å². The van der Waals surface area contributed by atoms with Crippen molar-refractivity contribution in [2.75, 3.05) is 12.4 Å². The number of aryl methyl sites for hydroxylation is 3. The summed E-state index contributed by atoms with van der Waals surface area (Å²) in [6, 6.07) is 4.74. The number of phenols is 1. The Bertz CT molecular complexity index is 1110. The molecule has 0 radical (unpaired) electrons. The highest BCUT2D eigenvalue weighted by atomic mass is 32.2. The van der Waals surface area contributed by atoms with Gasteiger partial charge in [0.2, 0.25) is 0 Å². The van der Waals surface area contributed by atoms with E-state index >= 15 is 0 Å². The molecule has 0 spiro atoms. The maximum atomic E-state index is 12.8. The maximum absolute atomic E-state index is 12.8. The Labute approximate surface area is 163 Å². The minimum Gasteiger partial charge on any atom is -0.506 e. The number of nitrogens with one attached hydrogen (secondary N) is 1. The fourth-order valence-electron chi connectivity index (χ4n) is 2.76. The van der Waals surface area contributed by atoms with Crippen molar-refractivity contribution in [3.8, 4) is 5.75 Å².